The van der Waals surface area contributed by atoms with Crippen molar-refractivity contribution < 1.29 is 5.11 Å². The molecule has 1 rings (SSSR count). The summed E-state index contributed by atoms with van der Waals surface area (Å²) < 4.78 is 0. The molecular formula is C30H60OP+. The molecule has 1 nitrogen and oxygen atoms in total. The molecule has 1 aromatic rings. The predicted molar refractivity (Wildman–Crippen MR) is 153 cm³/mol. The van der Waals surface area contributed by atoms with Crippen LogP contribution in [0, 0.1) is 11.3 Å². The van der Waals surface area contributed by atoms with Gasteiger partial charge in [-0.25, -0.2) is 0 Å². The molecule has 2 heteroatoms. The minimum atomic E-state index is -0.858. The first-order chi connectivity index (χ1) is 15.2. The molecule has 1 unspecified atom stereocenters. The maximum Gasteiger partial charge on any atom is 0.0842 e. The van der Waals surface area contributed by atoms with E-state index in [1.807, 2.05) is 13.8 Å². The minimum absolute atomic E-state index is 0.315. The normalized spacial score (nSPS) is 12.5. The van der Waals surface area contributed by atoms with Crippen LogP contribution in [0.5, 0.6) is 0 Å². The highest BCUT2D eigenvalue weighted by Crippen LogP contribution is 2.63. The van der Waals surface area contributed by atoms with E-state index < -0.39 is 7.26 Å². The Morgan fingerprint density at radius 2 is 1.12 bits per heavy atom. The van der Waals surface area contributed by atoms with Gasteiger partial charge in [0.1, 0.15) is 0 Å². The lowest BCUT2D eigenvalue weighted by molar-refractivity contribution is 0.258. The zero-order valence-electron chi connectivity index (χ0n) is 23.9. The Morgan fingerprint density at radius 1 is 0.750 bits per heavy atom. The van der Waals surface area contributed by atoms with Crippen molar-refractivity contribution in [2.24, 2.45) is 11.3 Å². The van der Waals surface area contributed by atoms with E-state index in [1.165, 1.54) is 68.7 Å². The molecule has 1 N–H and O–H groups in total. The van der Waals surface area contributed by atoms with Crippen LogP contribution in [-0.4, -0.2) is 30.7 Å². The summed E-state index contributed by atoms with van der Waals surface area (Å²) in [6, 6.07) is 9.88. The molecule has 0 aliphatic rings. The Morgan fingerprint density at radius 3 is 1.41 bits per heavy atom. The molecule has 0 heterocycles. The molecule has 0 aliphatic heterocycles. The van der Waals surface area contributed by atoms with E-state index in [0.29, 0.717) is 17.3 Å². The van der Waals surface area contributed by atoms with Crippen LogP contribution in [0.4, 0.5) is 0 Å². The summed E-state index contributed by atoms with van der Waals surface area (Å²) in [4.78, 5) is 0. The third kappa shape index (κ3) is 12.7. The fourth-order valence-electron chi connectivity index (χ4n) is 5.16. The van der Waals surface area contributed by atoms with E-state index in [4.69, 9.17) is 5.11 Å². The third-order valence-electron chi connectivity index (χ3n) is 6.41. The van der Waals surface area contributed by atoms with Gasteiger partial charge < -0.3 is 5.11 Å². The molecule has 0 aromatic heterocycles. The van der Waals surface area contributed by atoms with E-state index in [2.05, 4.69) is 79.7 Å². The summed E-state index contributed by atoms with van der Waals surface area (Å²) in [6.45, 7) is 23.0. The molecule has 0 fully saturated rings. The van der Waals surface area contributed by atoms with Crippen LogP contribution >= 0.6 is 7.26 Å². The third-order valence-corrected chi connectivity index (χ3v) is 11.2. The smallest absolute Gasteiger partial charge is 0.0842 e. The fourth-order valence-corrected chi connectivity index (χ4v) is 10.2. The Bertz CT molecular complexity index is 505. The molecule has 190 valence electrons. The first kappa shape index (κ1) is 33.8. The van der Waals surface area contributed by atoms with Crippen molar-refractivity contribution in [3.63, 3.8) is 0 Å². The van der Waals surface area contributed by atoms with Gasteiger partial charge in [0.2, 0.25) is 0 Å². The number of aliphatic hydroxyl groups excluding tert-OH is 1. The topological polar surface area (TPSA) is 20.2 Å². The molecule has 0 aliphatic carbocycles. The van der Waals surface area contributed by atoms with Crippen molar-refractivity contribution in [2.75, 3.05) is 25.6 Å². The van der Waals surface area contributed by atoms with Crippen LogP contribution < -0.4 is 0 Å². The van der Waals surface area contributed by atoms with E-state index in [9.17, 15) is 0 Å². The van der Waals surface area contributed by atoms with Gasteiger partial charge in [0, 0.05) is 14.4 Å². The largest absolute Gasteiger partial charge is 0.400 e. The molecule has 0 saturated heterocycles. The van der Waals surface area contributed by atoms with Gasteiger partial charge in [0.15, 0.2) is 0 Å². The molecule has 1 aromatic carbocycles. The van der Waals surface area contributed by atoms with Crippen LogP contribution in [0.15, 0.2) is 24.3 Å². The highest BCUT2D eigenvalue weighted by Gasteiger charge is 2.36. The standard InChI is InChI=1S/C27H50P.C2H6.CH4O/c1-9-12-19-28(20-13-10-2,21-14-11-3)22-24-15-17-25(18-16-24)26(23(4)5)27(6,7)8;2*1-2/h15-18,23,26H,9-14,19-22H2,1-8H3;1-2H3;2H,1H3/q+1;;. The SMILES string of the molecule is CC.CCCC[P+](CCCC)(CCCC)Cc1ccc(C(C(C)C)C(C)(C)C)cc1.CO. The number of aliphatic hydroxyl groups is 1. The summed E-state index contributed by atoms with van der Waals surface area (Å²) in [5.41, 5.74) is 3.46. The molecule has 0 radical (unpaired) electrons. The summed E-state index contributed by atoms with van der Waals surface area (Å²) in [6.07, 6.45) is 14.3. The van der Waals surface area contributed by atoms with Crippen LogP contribution in [-0.2, 0) is 6.16 Å². The fraction of sp³-hybridized carbons (Fsp3) is 0.800. The monoisotopic (exact) mass is 467 g/mol. The van der Waals surface area contributed by atoms with Crippen molar-refractivity contribution in [3.05, 3.63) is 35.4 Å². The van der Waals surface area contributed by atoms with Crippen molar-refractivity contribution >= 4 is 7.26 Å². The lowest BCUT2D eigenvalue weighted by Gasteiger charge is -2.34. The van der Waals surface area contributed by atoms with E-state index in [1.54, 1.807) is 5.56 Å². The van der Waals surface area contributed by atoms with Gasteiger partial charge in [-0.3, -0.25) is 0 Å². The lowest BCUT2D eigenvalue weighted by Crippen LogP contribution is -2.23. The van der Waals surface area contributed by atoms with Gasteiger partial charge in [-0.1, -0.05) is 113 Å². The molecule has 0 spiro atoms. The van der Waals surface area contributed by atoms with Crippen LogP contribution in [0.25, 0.3) is 0 Å². The second kappa shape index (κ2) is 19.0. The summed E-state index contributed by atoms with van der Waals surface area (Å²) in [7, 11) is 0.142. The minimum Gasteiger partial charge on any atom is -0.400 e. The van der Waals surface area contributed by atoms with Gasteiger partial charge in [-0.2, -0.15) is 0 Å². The van der Waals surface area contributed by atoms with Gasteiger partial charge in [0.25, 0.3) is 0 Å². The van der Waals surface area contributed by atoms with Crippen LogP contribution in [0.3, 0.4) is 0 Å². The quantitative estimate of drug-likeness (QED) is 0.286. The number of hydrogen-bond acceptors (Lipinski definition) is 1. The molecule has 0 saturated carbocycles. The zero-order chi connectivity index (χ0) is 25.2. The molecule has 0 amide bonds. The maximum atomic E-state index is 7.00. The zero-order valence-corrected chi connectivity index (χ0v) is 24.8. The molecule has 1 atom stereocenters. The van der Waals surface area contributed by atoms with Crippen LogP contribution in [0.1, 0.15) is 125 Å². The second-order valence-corrected chi connectivity index (χ2v) is 14.9. The average molecular weight is 468 g/mol. The van der Waals surface area contributed by atoms with Gasteiger partial charge in [-0.15, -0.1) is 0 Å². The summed E-state index contributed by atoms with van der Waals surface area (Å²) in [5, 5.41) is 7.00. The highest BCUT2D eigenvalue weighted by atomic mass is 31.2. The van der Waals surface area contributed by atoms with Crippen molar-refractivity contribution in [1.82, 2.24) is 0 Å². The van der Waals surface area contributed by atoms with Crippen LogP contribution in [0.2, 0.25) is 0 Å². The Balaban J connectivity index is 0. The summed E-state index contributed by atoms with van der Waals surface area (Å²) >= 11 is 0. The van der Waals surface area contributed by atoms with Crippen molar-refractivity contribution in [2.45, 2.75) is 120 Å². The molecule has 32 heavy (non-hydrogen) atoms. The summed E-state index contributed by atoms with van der Waals surface area (Å²) in [5.74, 6) is 1.30. The number of rotatable bonds is 13. The van der Waals surface area contributed by atoms with Gasteiger partial charge in [0.05, 0.1) is 24.6 Å². The maximum absolute atomic E-state index is 7.00. The molecule has 0 bridgehead atoms. The lowest BCUT2D eigenvalue weighted by atomic mass is 9.70. The number of benzene rings is 1. The van der Waals surface area contributed by atoms with Crippen molar-refractivity contribution in [1.29, 1.82) is 0 Å². The van der Waals surface area contributed by atoms with E-state index in [0.717, 1.165) is 7.11 Å². The molecular weight excluding hydrogens is 407 g/mol. The predicted octanol–water partition coefficient (Wildman–Crippen LogP) is 10.0. The van der Waals surface area contributed by atoms with E-state index in [-0.39, 0.29) is 0 Å². The Labute approximate surface area is 204 Å². The Kier molecular flexibility index (Phi) is 20.0. The van der Waals surface area contributed by atoms with Gasteiger partial charge >= 0.3 is 0 Å². The first-order valence-electron chi connectivity index (χ1n) is 13.6. The highest BCUT2D eigenvalue weighted by molar-refractivity contribution is 7.75. The number of unbranched alkanes of at least 4 members (excludes halogenated alkanes) is 3. The van der Waals surface area contributed by atoms with Gasteiger partial charge in [-0.05, 0) is 47.6 Å². The average Bonchev–Trinajstić information content (AvgIpc) is 2.77. The van der Waals surface area contributed by atoms with E-state index >= 15 is 0 Å². The second-order valence-electron chi connectivity index (χ2n) is 10.6. The number of hydrogen-bond donors (Lipinski definition) is 1. The Hall–Kier alpha value is -0.390. The first-order valence-corrected chi connectivity index (χ1v) is 16.1. The van der Waals surface area contributed by atoms with Crippen molar-refractivity contribution in [3.8, 4) is 0 Å².